The van der Waals surface area contributed by atoms with Gasteiger partial charge in [0, 0.05) is 0 Å². The Bertz CT molecular complexity index is 735. The number of ether oxygens (including phenoxy) is 1. The number of carboxylic acid groups (broad SMARTS) is 1. The molecule has 2 N–H and O–H groups in total. The molecule has 0 radical (unpaired) electrons. The lowest BCUT2D eigenvalue weighted by atomic mass is 9.84. The van der Waals surface area contributed by atoms with E-state index in [0.29, 0.717) is 0 Å². The first kappa shape index (κ1) is 11.6. The van der Waals surface area contributed by atoms with Crippen molar-refractivity contribution in [3.63, 3.8) is 0 Å². The zero-order valence-corrected chi connectivity index (χ0v) is 10.5. The number of carbonyl (C=O) groups is 1. The van der Waals surface area contributed by atoms with Gasteiger partial charge in [0.1, 0.15) is 12.2 Å². The number of fused-ring (bicyclic) bond motifs is 8. The quantitative estimate of drug-likeness (QED) is 0.877. The van der Waals surface area contributed by atoms with Crippen LogP contribution in [-0.4, -0.2) is 16.2 Å². The van der Waals surface area contributed by atoms with E-state index in [4.69, 9.17) is 9.84 Å². The van der Waals surface area contributed by atoms with Crippen LogP contribution in [0.2, 0.25) is 0 Å². The molecule has 2 atom stereocenters. The van der Waals surface area contributed by atoms with Gasteiger partial charge in [-0.05, 0) is 39.9 Å². The standard InChI is InChI=1S/C16H12O4/c17-7-8-1-3-10-12(5-8)15-13-6-9(16(18)19)2-4-11(13)14(10)20-15/h1-6,14-15,17H,7H2,(H,18,19)/t14-,15-/m0/s1. The Labute approximate surface area is 115 Å². The van der Waals surface area contributed by atoms with E-state index < -0.39 is 5.97 Å². The number of hydrogen-bond donors (Lipinski definition) is 2. The van der Waals surface area contributed by atoms with Crippen molar-refractivity contribution in [2.45, 2.75) is 18.8 Å². The monoisotopic (exact) mass is 268 g/mol. The molecule has 0 aromatic heterocycles. The molecule has 0 aliphatic carbocycles. The lowest BCUT2D eigenvalue weighted by molar-refractivity contribution is 0.0696. The molecule has 4 rings (SSSR count). The van der Waals surface area contributed by atoms with Crippen molar-refractivity contribution in [2.24, 2.45) is 0 Å². The molecule has 4 nitrogen and oxygen atoms in total. The van der Waals surface area contributed by atoms with Crippen LogP contribution in [0.4, 0.5) is 0 Å². The minimum absolute atomic E-state index is 0.00725. The molecule has 2 aromatic carbocycles. The summed E-state index contributed by atoms with van der Waals surface area (Å²) in [6.45, 7) is -0.00725. The van der Waals surface area contributed by atoms with Crippen LogP contribution >= 0.6 is 0 Å². The highest BCUT2D eigenvalue weighted by molar-refractivity contribution is 5.88. The van der Waals surface area contributed by atoms with E-state index in [-0.39, 0.29) is 24.4 Å². The maximum Gasteiger partial charge on any atom is 0.335 e. The molecule has 2 bridgehead atoms. The second kappa shape index (κ2) is 3.91. The number of aromatic carboxylic acids is 1. The Morgan fingerprint density at radius 1 is 1.00 bits per heavy atom. The van der Waals surface area contributed by atoms with Gasteiger partial charge in [0.05, 0.1) is 12.2 Å². The Morgan fingerprint density at radius 2 is 1.65 bits per heavy atom. The predicted octanol–water partition coefficient (Wildman–Crippen LogP) is 2.40. The van der Waals surface area contributed by atoms with Crippen molar-refractivity contribution in [1.82, 2.24) is 0 Å². The first-order chi connectivity index (χ1) is 9.69. The van der Waals surface area contributed by atoms with Crippen LogP contribution in [0.3, 0.4) is 0 Å². The van der Waals surface area contributed by atoms with Gasteiger partial charge in [0.15, 0.2) is 0 Å². The van der Waals surface area contributed by atoms with Crippen LogP contribution in [0.25, 0.3) is 0 Å². The number of rotatable bonds is 2. The van der Waals surface area contributed by atoms with E-state index in [1.165, 1.54) is 0 Å². The second-order valence-corrected chi connectivity index (χ2v) is 5.17. The highest BCUT2D eigenvalue weighted by Gasteiger charge is 2.42. The summed E-state index contributed by atoms with van der Waals surface area (Å²) < 4.78 is 5.97. The number of aliphatic hydroxyl groups is 1. The predicted molar refractivity (Wildman–Crippen MR) is 70.5 cm³/mol. The number of aliphatic hydroxyl groups excluding tert-OH is 1. The molecular weight excluding hydrogens is 256 g/mol. The SMILES string of the molecule is O=C(O)c1ccc2c(c1)[C@H]1O[C@H]2c2ccc(CO)cc21. The van der Waals surface area contributed by atoms with Crippen molar-refractivity contribution in [3.8, 4) is 0 Å². The van der Waals surface area contributed by atoms with Gasteiger partial charge in [-0.15, -0.1) is 0 Å². The summed E-state index contributed by atoms with van der Waals surface area (Å²) in [6, 6.07) is 11.0. The molecule has 2 heterocycles. The average Bonchev–Trinajstić information content (AvgIpc) is 3.02. The number of carboxylic acids is 1. The van der Waals surface area contributed by atoms with Gasteiger partial charge in [-0.3, -0.25) is 0 Å². The van der Waals surface area contributed by atoms with E-state index in [9.17, 15) is 9.90 Å². The fraction of sp³-hybridized carbons (Fsp3) is 0.188. The molecule has 0 spiro atoms. The third kappa shape index (κ3) is 1.40. The lowest BCUT2D eigenvalue weighted by Gasteiger charge is -2.16. The van der Waals surface area contributed by atoms with Gasteiger partial charge >= 0.3 is 5.97 Å². The first-order valence-corrected chi connectivity index (χ1v) is 6.45. The Kier molecular flexibility index (Phi) is 2.28. The summed E-state index contributed by atoms with van der Waals surface area (Å²) in [5.74, 6) is -0.931. The van der Waals surface area contributed by atoms with E-state index >= 15 is 0 Å². The summed E-state index contributed by atoms with van der Waals surface area (Å²) in [5, 5.41) is 18.3. The summed E-state index contributed by atoms with van der Waals surface area (Å²) in [4.78, 5) is 11.1. The Hall–Kier alpha value is -2.17. The Morgan fingerprint density at radius 3 is 2.35 bits per heavy atom. The van der Waals surface area contributed by atoms with Crippen LogP contribution in [0, 0.1) is 0 Å². The van der Waals surface area contributed by atoms with E-state index in [1.807, 2.05) is 24.3 Å². The van der Waals surface area contributed by atoms with E-state index in [2.05, 4.69) is 0 Å². The third-order valence-corrected chi connectivity index (χ3v) is 4.07. The fourth-order valence-corrected chi connectivity index (χ4v) is 3.13. The molecule has 0 saturated heterocycles. The molecule has 0 amide bonds. The summed E-state index contributed by atoms with van der Waals surface area (Å²) >= 11 is 0. The van der Waals surface area contributed by atoms with Gasteiger partial charge in [-0.25, -0.2) is 4.79 Å². The fourth-order valence-electron chi connectivity index (χ4n) is 3.13. The summed E-state index contributed by atoms with van der Waals surface area (Å²) in [6.07, 6.45) is -0.323. The average molecular weight is 268 g/mol. The maximum atomic E-state index is 11.1. The molecule has 0 unspecified atom stereocenters. The Balaban J connectivity index is 1.87. The van der Waals surface area contributed by atoms with Crippen LogP contribution in [0.1, 0.15) is 50.4 Å². The number of benzene rings is 2. The molecular formula is C16H12O4. The molecule has 2 aliphatic rings. The van der Waals surface area contributed by atoms with Gasteiger partial charge in [-0.2, -0.15) is 0 Å². The maximum absolute atomic E-state index is 11.1. The normalized spacial score (nSPS) is 21.6. The minimum Gasteiger partial charge on any atom is -0.478 e. The van der Waals surface area contributed by atoms with Crippen LogP contribution < -0.4 is 0 Å². The highest BCUT2D eigenvalue weighted by Crippen LogP contribution is 2.54. The summed E-state index contributed by atoms with van der Waals surface area (Å²) in [7, 11) is 0. The third-order valence-electron chi connectivity index (χ3n) is 4.07. The molecule has 100 valence electrons. The van der Waals surface area contributed by atoms with Gasteiger partial charge in [0.25, 0.3) is 0 Å². The molecule has 0 fully saturated rings. The highest BCUT2D eigenvalue weighted by atomic mass is 16.5. The minimum atomic E-state index is -0.931. The van der Waals surface area contributed by atoms with Crippen molar-refractivity contribution >= 4 is 5.97 Å². The molecule has 0 saturated carbocycles. The largest absolute Gasteiger partial charge is 0.478 e. The zero-order chi connectivity index (χ0) is 13.9. The smallest absolute Gasteiger partial charge is 0.335 e. The van der Waals surface area contributed by atoms with Gasteiger partial charge in [0.2, 0.25) is 0 Å². The van der Waals surface area contributed by atoms with Crippen LogP contribution in [0.5, 0.6) is 0 Å². The second-order valence-electron chi connectivity index (χ2n) is 5.17. The molecule has 2 aliphatic heterocycles. The van der Waals surface area contributed by atoms with Crippen LogP contribution in [-0.2, 0) is 11.3 Å². The molecule has 4 heteroatoms. The topological polar surface area (TPSA) is 66.8 Å². The molecule has 20 heavy (non-hydrogen) atoms. The zero-order valence-electron chi connectivity index (χ0n) is 10.5. The molecule has 2 aromatic rings. The first-order valence-electron chi connectivity index (χ1n) is 6.45. The summed E-state index contributed by atoms with van der Waals surface area (Å²) in [5.41, 5.74) is 5.25. The van der Waals surface area contributed by atoms with Gasteiger partial charge in [-0.1, -0.05) is 24.3 Å². The van der Waals surface area contributed by atoms with Crippen molar-refractivity contribution in [3.05, 3.63) is 69.8 Å². The van der Waals surface area contributed by atoms with Gasteiger partial charge < -0.3 is 14.9 Å². The van der Waals surface area contributed by atoms with Crippen molar-refractivity contribution in [2.75, 3.05) is 0 Å². The number of hydrogen-bond acceptors (Lipinski definition) is 3. The lowest BCUT2D eigenvalue weighted by Crippen LogP contribution is -2.06. The van der Waals surface area contributed by atoms with E-state index in [1.54, 1.807) is 12.1 Å². The van der Waals surface area contributed by atoms with Crippen molar-refractivity contribution in [1.29, 1.82) is 0 Å². The van der Waals surface area contributed by atoms with Crippen molar-refractivity contribution < 1.29 is 19.7 Å². The van der Waals surface area contributed by atoms with E-state index in [0.717, 1.165) is 27.8 Å². The van der Waals surface area contributed by atoms with Crippen LogP contribution in [0.15, 0.2) is 36.4 Å².